The van der Waals surface area contributed by atoms with E-state index >= 15 is 0 Å². The molecular weight excluding hydrogens is 188 g/mol. The average molecular weight is 189 g/mol. The van der Waals surface area contributed by atoms with Crippen LogP contribution in [0.3, 0.4) is 0 Å². The minimum atomic E-state index is 0. The molecule has 0 atom stereocenters. The second-order valence-electron chi connectivity index (χ2n) is 0.0913. The van der Waals surface area contributed by atoms with Crippen LogP contribution in [-0.4, -0.2) is 11.6 Å². The molecule has 0 fully saturated rings. The van der Waals surface area contributed by atoms with Crippen LogP contribution in [0.25, 0.3) is 0 Å². The molecule has 0 spiro atoms. The van der Waals surface area contributed by atoms with Crippen molar-refractivity contribution in [2.45, 2.75) is 0 Å². The van der Waals surface area contributed by atoms with Gasteiger partial charge in [-0.15, -0.1) is 0 Å². The molecule has 0 bridgehead atoms. The topological polar surface area (TPSA) is 37.3 Å². The quantitative estimate of drug-likeness (QED) is 0.527. The summed E-state index contributed by atoms with van der Waals surface area (Å²) in [5.74, 6) is 0. The normalized spacial score (nSPS) is 3.00. The van der Waals surface area contributed by atoms with Crippen molar-refractivity contribution < 1.29 is 50.7 Å². The Morgan fingerprint density at radius 1 is 1.75 bits per heavy atom. The second-order valence-corrected chi connectivity index (χ2v) is 0.0913. The summed E-state index contributed by atoms with van der Waals surface area (Å²) in [6.45, 7) is 0.500. The minimum Gasteiger partial charge on any atom is -0.665 e. The van der Waals surface area contributed by atoms with E-state index in [0.717, 1.165) is 0 Å². The summed E-state index contributed by atoms with van der Waals surface area (Å²) in [6, 6.07) is 0. The molecule has 0 aromatic carbocycles. The summed E-state index contributed by atoms with van der Waals surface area (Å²) in [5.41, 5.74) is 0. The Morgan fingerprint density at radius 2 is 1.75 bits per heavy atom. The fourth-order valence-corrected chi connectivity index (χ4v) is 0. The molecule has 0 heterocycles. The van der Waals surface area contributed by atoms with Crippen LogP contribution in [0.4, 0.5) is 0 Å². The van der Waals surface area contributed by atoms with E-state index in [2.05, 4.69) is 0 Å². The monoisotopic (exact) mass is 187 g/mol. The molecular formula is CHNdO2-. The Balaban J connectivity index is 0. The zero-order valence-corrected chi connectivity index (χ0v) is 5.06. The Bertz CT molecular complexity index is 13.5. The van der Waals surface area contributed by atoms with E-state index in [4.69, 9.17) is 9.90 Å². The first kappa shape index (κ1) is 8.84. The van der Waals surface area contributed by atoms with Crippen molar-refractivity contribution in [3.05, 3.63) is 0 Å². The molecule has 0 aliphatic rings. The van der Waals surface area contributed by atoms with Crippen LogP contribution in [0.2, 0.25) is 0 Å². The summed E-state index contributed by atoms with van der Waals surface area (Å²) < 4.78 is 0. The van der Waals surface area contributed by atoms with Gasteiger partial charge in [-0.25, -0.2) is 0 Å². The molecule has 3 heteroatoms. The molecule has 0 aromatic heterocycles. The summed E-state index contributed by atoms with van der Waals surface area (Å²) in [7, 11) is 0. The van der Waals surface area contributed by atoms with Gasteiger partial charge in [0, 0.05) is 40.8 Å². The Kier molecular flexibility index (Phi) is 20.3. The average Bonchev–Trinajstić information content (AvgIpc) is 0.918. The van der Waals surface area contributed by atoms with Gasteiger partial charge < -0.3 is 9.90 Å². The van der Waals surface area contributed by atoms with Crippen LogP contribution in [0.15, 0.2) is 0 Å². The predicted octanol–water partition coefficient (Wildman–Crippen LogP) is -0.388. The van der Waals surface area contributed by atoms with Gasteiger partial charge in [-0.05, 0) is 0 Å². The molecule has 0 unspecified atom stereocenters. The zero-order valence-electron chi connectivity index (χ0n) is 1.86. The summed E-state index contributed by atoms with van der Waals surface area (Å²) >= 11 is 0. The first-order chi connectivity index (χ1) is 1.41. The van der Waals surface area contributed by atoms with Crippen molar-refractivity contribution in [1.29, 1.82) is 0 Å². The molecule has 2 nitrogen and oxygen atoms in total. The second kappa shape index (κ2) is 9.17. The maximum Gasteiger partial charge on any atom is 0 e. The molecule has 0 aliphatic carbocycles. The number of rotatable bonds is 0. The van der Waals surface area contributed by atoms with Crippen LogP contribution in [0.5, 0.6) is 0 Å². The third-order valence-corrected chi connectivity index (χ3v) is 0. The van der Waals surface area contributed by atoms with Crippen molar-refractivity contribution in [1.82, 2.24) is 0 Å². The molecule has 1 N–H and O–H groups in total. The standard InChI is InChI=1S/CHO2.Nd/c2-1-3;/h(H,2,3);/q-1;. The third-order valence-electron chi connectivity index (χ3n) is 0. The maximum absolute atomic E-state index is 8.24. The SMILES string of the molecule is O=[C-]O.[Nd]. The van der Waals surface area contributed by atoms with Gasteiger partial charge in [0.1, 0.15) is 0 Å². The van der Waals surface area contributed by atoms with Gasteiger partial charge in [0.15, 0.2) is 0 Å². The summed E-state index contributed by atoms with van der Waals surface area (Å²) in [6.07, 6.45) is 0. The summed E-state index contributed by atoms with van der Waals surface area (Å²) in [4.78, 5) is 8.24. The fourth-order valence-electron chi connectivity index (χ4n) is 0. The van der Waals surface area contributed by atoms with Crippen molar-refractivity contribution in [2.24, 2.45) is 0 Å². The number of aliphatic hydroxyl groups excluding tert-OH is 1. The molecule has 0 aliphatic heterocycles. The van der Waals surface area contributed by atoms with Gasteiger partial charge in [-0.3, -0.25) is 0 Å². The molecule has 0 rings (SSSR count). The van der Waals surface area contributed by atoms with Crippen LogP contribution >= 0.6 is 0 Å². The molecule has 0 amide bonds. The van der Waals surface area contributed by atoms with E-state index in [1.165, 1.54) is 0 Å². The Hall–Kier alpha value is 0.821. The van der Waals surface area contributed by atoms with Gasteiger partial charge in [0.2, 0.25) is 0 Å². The van der Waals surface area contributed by atoms with E-state index in [1.807, 2.05) is 0 Å². The Morgan fingerprint density at radius 3 is 1.75 bits per heavy atom. The Labute approximate surface area is 56.7 Å². The van der Waals surface area contributed by atoms with Gasteiger partial charge in [0.05, 0.1) is 0 Å². The maximum atomic E-state index is 8.24. The van der Waals surface area contributed by atoms with E-state index in [0.29, 0.717) is 6.47 Å². The summed E-state index contributed by atoms with van der Waals surface area (Å²) in [5, 5.41) is 6.76. The smallest absolute Gasteiger partial charge is 0 e. The van der Waals surface area contributed by atoms with Gasteiger partial charge in [0.25, 0.3) is 0 Å². The molecule has 0 radical (unpaired) electrons. The van der Waals surface area contributed by atoms with Crippen molar-refractivity contribution in [2.75, 3.05) is 0 Å². The zero-order chi connectivity index (χ0) is 2.71. The van der Waals surface area contributed by atoms with Crippen molar-refractivity contribution >= 4 is 6.47 Å². The number of hydrogen-bond donors (Lipinski definition) is 1. The fraction of sp³-hybridized carbons (Fsp3) is 0. The molecule has 4 heavy (non-hydrogen) atoms. The van der Waals surface area contributed by atoms with Crippen LogP contribution in [0.1, 0.15) is 0 Å². The van der Waals surface area contributed by atoms with Crippen LogP contribution in [0, 0.1) is 40.8 Å². The first-order valence-electron chi connectivity index (χ1n) is 0.428. The van der Waals surface area contributed by atoms with E-state index in [-0.39, 0.29) is 40.8 Å². The van der Waals surface area contributed by atoms with Crippen molar-refractivity contribution in [3.8, 4) is 0 Å². The predicted molar refractivity (Wildman–Crippen MR) is 8.32 cm³/mol. The van der Waals surface area contributed by atoms with Crippen LogP contribution < -0.4 is 0 Å². The van der Waals surface area contributed by atoms with Gasteiger partial charge in [-0.2, -0.15) is 0 Å². The van der Waals surface area contributed by atoms with Crippen LogP contribution in [-0.2, 0) is 4.79 Å². The minimum absolute atomic E-state index is 0. The number of hydrogen-bond acceptors (Lipinski definition) is 1. The van der Waals surface area contributed by atoms with Gasteiger partial charge >= 0.3 is 0 Å². The third kappa shape index (κ3) is 13.9. The largest absolute Gasteiger partial charge is 0.665 e. The first-order valence-corrected chi connectivity index (χ1v) is 0.428. The molecule has 0 saturated carbocycles. The molecule has 0 saturated heterocycles. The van der Waals surface area contributed by atoms with E-state index in [9.17, 15) is 0 Å². The van der Waals surface area contributed by atoms with Gasteiger partial charge in [-0.1, -0.05) is 6.47 Å². The van der Waals surface area contributed by atoms with Crippen molar-refractivity contribution in [3.63, 3.8) is 0 Å². The van der Waals surface area contributed by atoms with E-state index < -0.39 is 0 Å². The molecule has 0 aromatic rings. The van der Waals surface area contributed by atoms with E-state index in [1.54, 1.807) is 0 Å². The molecule has 22 valence electrons.